The molecule has 0 atom stereocenters. The fourth-order valence-electron chi connectivity index (χ4n) is 3.72. The molecule has 0 saturated heterocycles. The lowest BCUT2D eigenvalue weighted by Crippen LogP contribution is -2.25. The van der Waals surface area contributed by atoms with E-state index in [1.165, 1.54) is 10.9 Å². The number of nitrogen functional groups attached to an aromatic ring is 1. The predicted octanol–water partition coefficient (Wildman–Crippen LogP) is 3.91. The van der Waals surface area contributed by atoms with E-state index in [4.69, 9.17) is 33.9 Å². The average molecular weight is 529 g/mol. The molecule has 0 fully saturated rings. The van der Waals surface area contributed by atoms with E-state index in [0.717, 1.165) is 0 Å². The van der Waals surface area contributed by atoms with Gasteiger partial charge in [-0.1, -0.05) is 41.3 Å². The molecule has 2 aromatic carbocycles. The van der Waals surface area contributed by atoms with Crippen molar-refractivity contribution in [3.8, 4) is 17.5 Å². The summed E-state index contributed by atoms with van der Waals surface area (Å²) in [6.07, 6.45) is 6.38. The Morgan fingerprint density at radius 2 is 1.89 bits per heavy atom. The summed E-state index contributed by atoms with van der Waals surface area (Å²) in [5.74, 6) is 7.07. The van der Waals surface area contributed by atoms with Gasteiger partial charge in [-0.05, 0) is 36.3 Å². The first kappa shape index (κ1) is 24.2. The normalized spacial score (nSPS) is 10.6. The Bertz CT molecular complexity index is 1730. The summed E-state index contributed by atoms with van der Waals surface area (Å²) >= 11 is 12.6. The Labute approximate surface area is 221 Å². The summed E-state index contributed by atoms with van der Waals surface area (Å²) in [6.45, 7) is 0.370. The van der Waals surface area contributed by atoms with Crippen molar-refractivity contribution in [1.82, 2.24) is 29.5 Å². The monoisotopic (exact) mass is 528 g/mol. The Kier molecular flexibility index (Phi) is 6.94. The molecule has 0 aliphatic carbocycles. The lowest BCUT2D eigenvalue weighted by molar-refractivity contribution is 0.809. The van der Waals surface area contributed by atoms with Gasteiger partial charge in [-0.2, -0.15) is 0 Å². The molecule has 5 aromatic rings. The predicted molar refractivity (Wildman–Crippen MR) is 144 cm³/mol. The Morgan fingerprint density at radius 1 is 1.03 bits per heavy atom. The molecule has 182 valence electrons. The first-order valence-corrected chi connectivity index (χ1v) is 11.9. The molecule has 3 heterocycles. The number of nitrogens with zero attached hydrogens (tertiary/aromatic N) is 6. The van der Waals surface area contributed by atoms with E-state index in [-0.39, 0.29) is 11.4 Å². The number of nitrogens with one attached hydrogen (secondary N) is 1. The number of anilines is 2. The van der Waals surface area contributed by atoms with E-state index >= 15 is 0 Å². The number of nitrogens with two attached hydrogens (primary N) is 1. The molecule has 0 bridgehead atoms. The molecule has 3 aromatic heterocycles. The van der Waals surface area contributed by atoms with Crippen LogP contribution in [0.3, 0.4) is 0 Å². The molecule has 9 nitrogen and oxygen atoms in total. The van der Waals surface area contributed by atoms with E-state index in [1.54, 1.807) is 61.1 Å². The van der Waals surface area contributed by atoms with Crippen molar-refractivity contribution in [2.24, 2.45) is 0 Å². The smallest absolute Gasteiger partial charge is 0.267 e. The Hall–Kier alpha value is -4.52. The number of benzene rings is 2. The van der Waals surface area contributed by atoms with Gasteiger partial charge in [0.2, 0.25) is 0 Å². The van der Waals surface area contributed by atoms with Crippen molar-refractivity contribution in [3.05, 3.63) is 105 Å². The highest BCUT2D eigenvalue weighted by Gasteiger charge is 2.16. The highest BCUT2D eigenvalue weighted by molar-refractivity contribution is 6.35. The lowest BCUT2D eigenvalue weighted by Gasteiger charge is -2.15. The third-order valence-electron chi connectivity index (χ3n) is 5.38. The van der Waals surface area contributed by atoms with Gasteiger partial charge in [0, 0.05) is 30.4 Å². The van der Waals surface area contributed by atoms with Crippen LogP contribution >= 0.6 is 23.2 Å². The van der Waals surface area contributed by atoms with Crippen molar-refractivity contribution in [2.75, 3.05) is 17.6 Å². The van der Waals surface area contributed by atoms with Gasteiger partial charge in [-0.25, -0.2) is 19.9 Å². The molecule has 0 aliphatic heterocycles. The molecule has 0 amide bonds. The first-order chi connectivity index (χ1) is 18.0. The zero-order valence-electron chi connectivity index (χ0n) is 19.2. The fraction of sp³-hybridized carbons (Fsp3) is 0.0769. The topological polar surface area (TPSA) is 124 Å². The molecule has 37 heavy (non-hydrogen) atoms. The number of hydrogen-bond donors (Lipinski definition) is 2. The summed E-state index contributed by atoms with van der Waals surface area (Å²) in [5, 5.41) is 4.40. The summed E-state index contributed by atoms with van der Waals surface area (Å²) in [6, 6.07) is 12.2. The second kappa shape index (κ2) is 10.6. The quantitative estimate of drug-likeness (QED) is 0.329. The van der Waals surface area contributed by atoms with Crippen LogP contribution in [0.1, 0.15) is 17.1 Å². The molecule has 0 aliphatic rings. The second-order valence-electron chi connectivity index (χ2n) is 7.78. The molecule has 0 unspecified atom stereocenters. The van der Waals surface area contributed by atoms with E-state index in [9.17, 15) is 4.79 Å². The maximum absolute atomic E-state index is 13.5. The summed E-state index contributed by atoms with van der Waals surface area (Å²) in [7, 11) is 0. The maximum Gasteiger partial charge on any atom is 0.267 e. The van der Waals surface area contributed by atoms with Gasteiger partial charge >= 0.3 is 0 Å². The van der Waals surface area contributed by atoms with Crippen LogP contribution in [-0.4, -0.2) is 36.0 Å². The highest BCUT2D eigenvalue weighted by Crippen LogP contribution is 2.22. The van der Waals surface area contributed by atoms with E-state index in [1.807, 2.05) is 0 Å². The van der Waals surface area contributed by atoms with E-state index < -0.39 is 0 Å². The number of hydrogen-bond acceptors (Lipinski definition) is 8. The van der Waals surface area contributed by atoms with Crippen molar-refractivity contribution in [3.63, 3.8) is 0 Å². The van der Waals surface area contributed by atoms with Crippen molar-refractivity contribution in [1.29, 1.82) is 0 Å². The molecule has 11 heteroatoms. The standard InChI is InChI=1S/C26H18Cl2N8O/c27-16-3-1-4-18(13-16)36-22(35-21-6-2-5-20(28)23(21)26(36)37)9-10-32-25-19(24(29)33-15-34-25)8-7-17-14-30-11-12-31-17/h1-6,11-15H,9-10H2,(H3,29,32,33,34). The maximum atomic E-state index is 13.5. The van der Waals surface area contributed by atoms with Gasteiger partial charge in [0.15, 0.2) is 0 Å². The van der Waals surface area contributed by atoms with Crippen molar-refractivity contribution < 1.29 is 0 Å². The largest absolute Gasteiger partial charge is 0.382 e. The third-order valence-corrected chi connectivity index (χ3v) is 5.93. The van der Waals surface area contributed by atoms with Crippen LogP contribution in [0.25, 0.3) is 16.6 Å². The first-order valence-electron chi connectivity index (χ1n) is 11.1. The fourth-order valence-corrected chi connectivity index (χ4v) is 4.16. The molecule has 0 radical (unpaired) electrons. The minimum Gasteiger partial charge on any atom is -0.382 e. The molecule has 3 N–H and O–H groups in total. The van der Waals surface area contributed by atoms with Crippen LogP contribution in [0.5, 0.6) is 0 Å². The molecular weight excluding hydrogens is 511 g/mol. The lowest BCUT2D eigenvalue weighted by atomic mass is 10.2. The van der Waals surface area contributed by atoms with Crippen LogP contribution < -0.4 is 16.6 Å². The second-order valence-corrected chi connectivity index (χ2v) is 8.63. The number of fused-ring (bicyclic) bond motifs is 1. The highest BCUT2D eigenvalue weighted by atomic mass is 35.5. The molecule has 5 rings (SSSR count). The SMILES string of the molecule is Nc1ncnc(NCCc2nc3cccc(Cl)c3c(=O)n2-c2cccc(Cl)c2)c1C#Cc1cnccn1. The van der Waals surface area contributed by atoms with Gasteiger partial charge in [0.1, 0.15) is 35.0 Å². The number of aromatic nitrogens is 6. The minimum absolute atomic E-state index is 0.225. The number of halogens is 2. The zero-order valence-corrected chi connectivity index (χ0v) is 20.7. The average Bonchev–Trinajstić information content (AvgIpc) is 2.89. The molecule has 0 saturated carbocycles. The van der Waals surface area contributed by atoms with Crippen LogP contribution in [-0.2, 0) is 6.42 Å². The van der Waals surface area contributed by atoms with Gasteiger partial charge in [0.05, 0.1) is 27.8 Å². The van der Waals surface area contributed by atoms with Gasteiger partial charge < -0.3 is 11.1 Å². The molecule has 0 spiro atoms. The Balaban J connectivity index is 1.49. The van der Waals surface area contributed by atoms with E-state index in [2.05, 4.69) is 37.1 Å². The Morgan fingerprint density at radius 3 is 2.70 bits per heavy atom. The van der Waals surface area contributed by atoms with Crippen LogP contribution in [0.4, 0.5) is 11.6 Å². The van der Waals surface area contributed by atoms with E-state index in [0.29, 0.717) is 62.5 Å². The van der Waals surface area contributed by atoms with Crippen LogP contribution in [0, 0.1) is 11.8 Å². The number of rotatable bonds is 5. The van der Waals surface area contributed by atoms with Crippen molar-refractivity contribution >= 4 is 45.7 Å². The van der Waals surface area contributed by atoms with Crippen molar-refractivity contribution in [2.45, 2.75) is 6.42 Å². The van der Waals surface area contributed by atoms with Crippen LogP contribution in [0.15, 0.2) is 72.2 Å². The van der Waals surface area contributed by atoms with Gasteiger partial charge in [-0.3, -0.25) is 14.3 Å². The molecular formula is C26H18Cl2N8O. The summed E-state index contributed by atoms with van der Waals surface area (Å²) in [5.41, 5.74) is 7.79. The summed E-state index contributed by atoms with van der Waals surface area (Å²) in [4.78, 5) is 34.8. The van der Waals surface area contributed by atoms with Gasteiger partial charge in [0.25, 0.3) is 5.56 Å². The zero-order chi connectivity index (χ0) is 25.8. The summed E-state index contributed by atoms with van der Waals surface area (Å²) < 4.78 is 1.52. The third kappa shape index (κ3) is 5.21. The van der Waals surface area contributed by atoms with Crippen LogP contribution in [0.2, 0.25) is 10.0 Å². The van der Waals surface area contributed by atoms with Gasteiger partial charge in [-0.15, -0.1) is 0 Å². The minimum atomic E-state index is -0.283.